The summed E-state index contributed by atoms with van der Waals surface area (Å²) in [6.45, 7) is 6.86. The van der Waals surface area contributed by atoms with Gasteiger partial charge in [-0.15, -0.1) is 0 Å². The van der Waals surface area contributed by atoms with Crippen molar-refractivity contribution in [1.82, 2.24) is 0 Å². The van der Waals surface area contributed by atoms with E-state index < -0.39 is 0 Å². The molecule has 0 N–H and O–H groups in total. The zero-order valence-corrected chi connectivity index (χ0v) is 12.5. The van der Waals surface area contributed by atoms with E-state index in [1.165, 1.54) is 22.3 Å². The molecule has 0 unspecified atom stereocenters. The number of hydrogen-bond acceptors (Lipinski definition) is 1. The SMILES string of the molecule is Cc1ccc(C)c(OCc2cc(Br)ccc2C)c1. The van der Waals surface area contributed by atoms with Crippen LogP contribution in [-0.4, -0.2) is 0 Å². The van der Waals surface area contributed by atoms with E-state index in [9.17, 15) is 0 Å². The third kappa shape index (κ3) is 3.14. The molecule has 2 heteroatoms. The van der Waals surface area contributed by atoms with Crippen LogP contribution in [0, 0.1) is 20.8 Å². The smallest absolute Gasteiger partial charge is 0.122 e. The molecule has 0 aliphatic heterocycles. The van der Waals surface area contributed by atoms with Crippen molar-refractivity contribution in [1.29, 1.82) is 0 Å². The first-order valence-corrected chi connectivity index (χ1v) is 6.80. The molecule has 18 heavy (non-hydrogen) atoms. The Hall–Kier alpha value is -1.28. The first-order valence-electron chi connectivity index (χ1n) is 6.01. The second-order valence-corrected chi connectivity index (χ2v) is 5.54. The van der Waals surface area contributed by atoms with Gasteiger partial charge in [-0.3, -0.25) is 0 Å². The molecule has 2 aromatic carbocycles. The number of benzene rings is 2. The van der Waals surface area contributed by atoms with Gasteiger partial charge in [-0.05, 0) is 61.2 Å². The summed E-state index contributed by atoms with van der Waals surface area (Å²) in [6.07, 6.45) is 0. The number of aryl methyl sites for hydroxylation is 3. The summed E-state index contributed by atoms with van der Waals surface area (Å²) in [6, 6.07) is 12.6. The van der Waals surface area contributed by atoms with E-state index in [1.807, 2.05) is 0 Å². The van der Waals surface area contributed by atoms with E-state index in [4.69, 9.17) is 4.74 Å². The molecule has 0 saturated heterocycles. The van der Waals surface area contributed by atoms with Gasteiger partial charge in [0.25, 0.3) is 0 Å². The van der Waals surface area contributed by atoms with Crippen LogP contribution in [0.5, 0.6) is 5.75 Å². The standard InChI is InChI=1S/C16H17BrO/c1-11-4-5-13(3)16(8-11)18-10-14-9-15(17)7-6-12(14)2/h4-9H,10H2,1-3H3. The highest BCUT2D eigenvalue weighted by molar-refractivity contribution is 9.10. The molecule has 94 valence electrons. The van der Waals surface area contributed by atoms with Crippen molar-refractivity contribution in [2.75, 3.05) is 0 Å². The fraction of sp³-hybridized carbons (Fsp3) is 0.250. The van der Waals surface area contributed by atoms with E-state index in [0.717, 1.165) is 10.2 Å². The topological polar surface area (TPSA) is 9.23 Å². The van der Waals surface area contributed by atoms with Crippen molar-refractivity contribution in [2.45, 2.75) is 27.4 Å². The summed E-state index contributed by atoms with van der Waals surface area (Å²) in [5, 5.41) is 0. The summed E-state index contributed by atoms with van der Waals surface area (Å²) >= 11 is 3.49. The Bertz CT molecular complexity index is 510. The molecule has 0 aliphatic rings. The lowest BCUT2D eigenvalue weighted by molar-refractivity contribution is 0.303. The van der Waals surface area contributed by atoms with Crippen molar-refractivity contribution in [3.05, 3.63) is 63.1 Å². The second kappa shape index (κ2) is 5.57. The molecule has 0 saturated carbocycles. The van der Waals surface area contributed by atoms with E-state index >= 15 is 0 Å². The molecule has 0 heterocycles. The molecule has 2 aromatic rings. The van der Waals surface area contributed by atoms with E-state index in [2.05, 4.69) is 73.1 Å². The third-order valence-corrected chi connectivity index (χ3v) is 3.53. The Morgan fingerprint density at radius 1 is 0.944 bits per heavy atom. The van der Waals surface area contributed by atoms with Crippen molar-refractivity contribution in [3.63, 3.8) is 0 Å². The monoisotopic (exact) mass is 304 g/mol. The van der Waals surface area contributed by atoms with Gasteiger partial charge < -0.3 is 4.74 Å². The number of hydrogen-bond donors (Lipinski definition) is 0. The second-order valence-electron chi connectivity index (χ2n) is 4.63. The molecule has 0 bridgehead atoms. The minimum Gasteiger partial charge on any atom is -0.489 e. The molecular formula is C16H17BrO. The maximum absolute atomic E-state index is 5.92. The predicted molar refractivity (Wildman–Crippen MR) is 79.1 cm³/mol. The zero-order valence-electron chi connectivity index (χ0n) is 11.0. The Morgan fingerprint density at radius 2 is 1.67 bits per heavy atom. The van der Waals surface area contributed by atoms with Crippen LogP contribution in [0.15, 0.2) is 40.9 Å². The molecule has 2 rings (SSSR count). The van der Waals surface area contributed by atoms with Crippen LogP contribution in [0.3, 0.4) is 0 Å². The quantitative estimate of drug-likeness (QED) is 0.779. The minimum absolute atomic E-state index is 0.607. The molecular weight excluding hydrogens is 288 g/mol. The van der Waals surface area contributed by atoms with Crippen molar-refractivity contribution >= 4 is 15.9 Å². The lowest BCUT2D eigenvalue weighted by Crippen LogP contribution is -1.99. The number of ether oxygens (including phenoxy) is 1. The predicted octanol–water partition coefficient (Wildman–Crippen LogP) is 4.95. The van der Waals surface area contributed by atoms with Crippen molar-refractivity contribution in [3.8, 4) is 5.75 Å². The van der Waals surface area contributed by atoms with Crippen LogP contribution >= 0.6 is 15.9 Å². The van der Waals surface area contributed by atoms with Gasteiger partial charge in [-0.2, -0.15) is 0 Å². The van der Waals surface area contributed by atoms with E-state index in [-0.39, 0.29) is 0 Å². The highest BCUT2D eigenvalue weighted by atomic mass is 79.9. The summed E-state index contributed by atoms with van der Waals surface area (Å²) < 4.78 is 7.01. The lowest BCUT2D eigenvalue weighted by atomic mass is 10.1. The maximum Gasteiger partial charge on any atom is 0.122 e. The highest BCUT2D eigenvalue weighted by Gasteiger charge is 2.03. The van der Waals surface area contributed by atoms with Gasteiger partial charge in [0.2, 0.25) is 0 Å². The van der Waals surface area contributed by atoms with Crippen molar-refractivity contribution < 1.29 is 4.74 Å². The van der Waals surface area contributed by atoms with Gasteiger partial charge in [0, 0.05) is 4.47 Å². The van der Waals surface area contributed by atoms with Gasteiger partial charge in [0.1, 0.15) is 12.4 Å². The van der Waals surface area contributed by atoms with Crippen molar-refractivity contribution in [2.24, 2.45) is 0 Å². The van der Waals surface area contributed by atoms with Gasteiger partial charge in [0.05, 0.1) is 0 Å². The van der Waals surface area contributed by atoms with Crippen LogP contribution in [-0.2, 0) is 6.61 Å². The Kier molecular flexibility index (Phi) is 4.07. The van der Waals surface area contributed by atoms with E-state index in [1.54, 1.807) is 0 Å². The fourth-order valence-corrected chi connectivity index (χ4v) is 2.22. The fourth-order valence-electron chi connectivity index (χ4n) is 1.81. The number of halogens is 1. The number of rotatable bonds is 3. The summed E-state index contributed by atoms with van der Waals surface area (Å²) in [7, 11) is 0. The molecule has 1 nitrogen and oxygen atoms in total. The largest absolute Gasteiger partial charge is 0.489 e. The first kappa shape index (κ1) is 13.2. The average Bonchev–Trinajstić information content (AvgIpc) is 2.34. The summed E-state index contributed by atoms with van der Waals surface area (Å²) in [5.74, 6) is 0.967. The van der Waals surface area contributed by atoms with Crippen LogP contribution in [0.25, 0.3) is 0 Å². The lowest BCUT2D eigenvalue weighted by Gasteiger charge is -2.12. The van der Waals surface area contributed by atoms with Crippen LogP contribution in [0.4, 0.5) is 0 Å². The van der Waals surface area contributed by atoms with Crippen LogP contribution in [0.1, 0.15) is 22.3 Å². The van der Waals surface area contributed by atoms with Gasteiger partial charge >= 0.3 is 0 Å². The molecule has 0 radical (unpaired) electrons. The highest BCUT2D eigenvalue weighted by Crippen LogP contribution is 2.22. The molecule has 0 fully saturated rings. The van der Waals surface area contributed by atoms with E-state index in [0.29, 0.717) is 6.61 Å². The van der Waals surface area contributed by atoms with Gasteiger partial charge in [0.15, 0.2) is 0 Å². The Morgan fingerprint density at radius 3 is 2.44 bits per heavy atom. The maximum atomic E-state index is 5.92. The molecule has 0 aromatic heterocycles. The molecule has 0 spiro atoms. The van der Waals surface area contributed by atoms with Crippen LogP contribution < -0.4 is 4.74 Å². The summed E-state index contributed by atoms with van der Waals surface area (Å²) in [5.41, 5.74) is 4.86. The first-order chi connectivity index (χ1) is 8.56. The molecule has 0 aliphatic carbocycles. The molecule has 0 atom stereocenters. The molecule has 0 amide bonds. The zero-order chi connectivity index (χ0) is 13.1. The third-order valence-electron chi connectivity index (χ3n) is 3.04. The minimum atomic E-state index is 0.607. The normalized spacial score (nSPS) is 10.4. The Labute approximate surface area is 117 Å². The summed E-state index contributed by atoms with van der Waals surface area (Å²) in [4.78, 5) is 0. The van der Waals surface area contributed by atoms with Gasteiger partial charge in [-0.1, -0.05) is 34.1 Å². The van der Waals surface area contributed by atoms with Gasteiger partial charge in [-0.25, -0.2) is 0 Å². The Balaban J connectivity index is 2.16. The van der Waals surface area contributed by atoms with Crippen LogP contribution in [0.2, 0.25) is 0 Å². The average molecular weight is 305 g/mol.